The van der Waals surface area contributed by atoms with Crippen LogP contribution in [0.3, 0.4) is 0 Å². The minimum absolute atomic E-state index is 0.499. The van der Waals surface area contributed by atoms with Crippen molar-refractivity contribution >= 4 is 10.8 Å². The summed E-state index contributed by atoms with van der Waals surface area (Å²) in [6.07, 6.45) is 6.74. The summed E-state index contributed by atoms with van der Waals surface area (Å²) in [4.78, 5) is 0. The Morgan fingerprint density at radius 1 is 0.905 bits per heavy atom. The zero-order valence-electron chi connectivity index (χ0n) is 12.6. The van der Waals surface area contributed by atoms with Gasteiger partial charge in [0.1, 0.15) is 0 Å². The lowest BCUT2D eigenvalue weighted by molar-refractivity contribution is 0.0250. The lowest BCUT2D eigenvalue weighted by Gasteiger charge is -2.27. The molecule has 2 aromatic carbocycles. The molecule has 2 aromatic rings. The van der Waals surface area contributed by atoms with Crippen LogP contribution in [0.2, 0.25) is 0 Å². The van der Waals surface area contributed by atoms with Crippen molar-refractivity contribution in [1.29, 1.82) is 0 Å². The molecule has 0 heterocycles. The molecular formula is C19H25NO. The summed E-state index contributed by atoms with van der Waals surface area (Å²) in [5, 5.41) is 16.8. The van der Waals surface area contributed by atoms with E-state index < -0.39 is 5.60 Å². The molecule has 0 unspecified atom stereocenters. The van der Waals surface area contributed by atoms with E-state index in [1.54, 1.807) is 0 Å². The molecule has 0 bridgehead atoms. The van der Waals surface area contributed by atoms with E-state index in [4.69, 9.17) is 0 Å². The Labute approximate surface area is 127 Å². The van der Waals surface area contributed by atoms with Gasteiger partial charge in [0, 0.05) is 13.1 Å². The van der Waals surface area contributed by atoms with Crippen molar-refractivity contribution in [2.45, 2.75) is 50.7 Å². The van der Waals surface area contributed by atoms with E-state index in [-0.39, 0.29) is 0 Å². The Bertz CT molecular complexity index is 580. The van der Waals surface area contributed by atoms with Crippen molar-refractivity contribution in [1.82, 2.24) is 5.32 Å². The summed E-state index contributed by atoms with van der Waals surface area (Å²) >= 11 is 0. The maximum atomic E-state index is 10.7. The van der Waals surface area contributed by atoms with Gasteiger partial charge in [-0.1, -0.05) is 68.1 Å². The number of nitrogens with one attached hydrogen (secondary N) is 1. The molecule has 2 heteroatoms. The Hall–Kier alpha value is -1.38. The van der Waals surface area contributed by atoms with Crippen LogP contribution in [-0.2, 0) is 6.54 Å². The van der Waals surface area contributed by atoms with Gasteiger partial charge in [-0.2, -0.15) is 0 Å². The van der Waals surface area contributed by atoms with Crippen molar-refractivity contribution < 1.29 is 5.11 Å². The quantitative estimate of drug-likeness (QED) is 0.831. The minimum atomic E-state index is -0.499. The van der Waals surface area contributed by atoms with Crippen LogP contribution >= 0.6 is 0 Å². The molecule has 0 atom stereocenters. The van der Waals surface area contributed by atoms with Crippen LogP contribution in [0, 0.1) is 0 Å². The van der Waals surface area contributed by atoms with E-state index in [2.05, 4.69) is 47.8 Å². The predicted octanol–water partition coefficient (Wildman–Crippen LogP) is 4.01. The number of rotatable bonds is 4. The highest BCUT2D eigenvalue weighted by molar-refractivity contribution is 5.85. The SMILES string of the molecule is OC1(CNCc2cccc3ccccc23)CCCCCC1. The molecule has 21 heavy (non-hydrogen) atoms. The van der Waals surface area contributed by atoms with E-state index >= 15 is 0 Å². The summed E-state index contributed by atoms with van der Waals surface area (Å²) in [5.74, 6) is 0. The largest absolute Gasteiger partial charge is 0.389 e. The maximum Gasteiger partial charge on any atom is 0.0771 e. The Kier molecular flexibility index (Phi) is 4.57. The Morgan fingerprint density at radius 2 is 1.62 bits per heavy atom. The normalized spacial score (nSPS) is 18.5. The van der Waals surface area contributed by atoms with Gasteiger partial charge in [-0.15, -0.1) is 0 Å². The van der Waals surface area contributed by atoms with Gasteiger partial charge in [0.25, 0.3) is 0 Å². The van der Waals surface area contributed by atoms with Crippen LogP contribution in [0.4, 0.5) is 0 Å². The summed E-state index contributed by atoms with van der Waals surface area (Å²) in [7, 11) is 0. The highest BCUT2D eigenvalue weighted by Gasteiger charge is 2.27. The lowest BCUT2D eigenvalue weighted by atomic mass is 9.94. The number of hydrogen-bond acceptors (Lipinski definition) is 2. The van der Waals surface area contributed by atoms with Gasteiger partial charge < -0.3 is 10.4 Å². The number of benzene rings is 2. The van der Waals surface area contributed by atoms with Gasteiger partial charge in [0.15, 0.2) is 0 Å². The molecule has 0 aliphatic heterocycles. The number of hydrogen-bond donors (Lipinski definition) is 2. The molecule has 0 radical (unpaired) electrons. The zero-order valence-corrected chi connectivity index (χ0v) is 12.6. The van der Waals surface area contributed by atoms with Crippen LogP contribution in [-0.4, -0.2) is 17.3 Å². The first-order valence-electron chi connectivity index (χ1n) is 8.17. The second kappa shape index (κ2) is 6.59. The van der Waals surface area contributed by atoms with Gasteiger partial charge in [-0.05, 0) is 29.2 Å². The lowest BCUT2D eigenvalue weighted by Crippen LogP contribution is -2.39. The van der Waals surface area contributed by atoms with Crippen LogP contribution in [0.1, 0.15) is 44.1 Å². The summed E-state index contributed by atoms with van der Waals surface area (Å²) in [5.41, 5.74) is 0.812. The second-order valence-electron chi connectivity index (χ2n) is 6.38. The zero-order chi connectivity index (χ0) is 14.5. The summed E-state index contributed by atoms with van der Waals surface area (Å²) < 4.78 is 0. The first-order valence-corrected chi connectivity index (χ1v) is 8.17. The molecule has 0 amide bonds. The highest BCUT2D eigenvalue weighted by Crippen LogP contribution is 2.26. The smallest absolute Gasteiger partial charge is 0.0771 e. The highest BCUT2D eigenvalue weighted by atomic mass is 16.3. The predicted molar refractivity (Wildman–Crippen MR) is 88.3 cm³/mol. The molecule has 1 aliphatic rings. The van der Waals surface area contributed by atoms with E-state index in [9.17, 15) is 5.11 Å². The molecule has 1 aliphatic carbocycles. The molecule has 0 spiro atoms. The third kappa shape index (κ3) is 3.63. The molecule has 0 aromatic heterocycles. The molecule has 112 valence electrons. The number of fused-ring (bicyclic) bond motifs is 1. The fourth-order valence-electron chi connectivity index (χ4n) is 3.44. The van der Waals surface area contributed by atoms with Gasteiger partial charge in [0.2, 0.25) is 0 Å². The van der Waals surface area contributed by atoms with E-state index in [0.717, 1.165) is 32.2 Å². The van der Waals surface area contributed by atoms with E-state index in [1.165, 1.54) is 29.2 Å². The van der Waals surface area contributed by atoms with Gasteiger partial charge >= 0.3 is 0 Å². The van der Waals surface area contributed by atoms with Crippen molar-refractivity contribution in [3.05, 3.63) is 48.0 Å². The molecule has 1 fully saturated rings. The Morgan fingerprint density at radius 3 is 2.43 bits per heavy atom. The van der Waals surface area contributed by atoms with E-state index in [0.29, 0.717) is 6.54 Å². The van der Waals surface area contributed by atoms with Gasteiger partial charge in [-0.3, -0.25) is 0 Å². The fourth-order valence-corrected chi connectivity index (χ4v) is 3.44. The monoisotopic (exact) mass is 283 g/mol. The molecule has 0 saturated heterocycles. The second-order valence-corrected chi connectivity index (χ2v) is 6.38. The van der Waals surface area contributed by atoms with Crippen molar-refractivity contribution in [3.8, 4) is 0 Å². The third-order valence-electron chi connectivity index (χ3n) is 4.68. The van der Waals surface area contributed by atoms with Crippen molar-refractivity contribution in [2.75, 3.05) is 6.54 Å². The summed E-state index contributed by atoms with van der Waals surface area (Å²) in [6, 6.07) is 14.9. The molecule has 3 rings (SSSR count). The third-order valence-corrected chi connectivity index (χ3v) is 4.68. The van der Waals surface area contributed by atoms with Crippen LogP contribution in [0.15, 0.2) is 42.5 Å². The average Bonchev–Trinajstić information content (AvgIpc) is 2.73. The molecule has 2 nitrogen and oxygen atoms in total. The van der Waals surface area contributed by atoms with Crippen LogP contribution in [0.25, 0.3) is 10.8 Å². The van der Waals surface area contributed by atoms with Crippen LogP contribution < -0.4 is 5.32 Å². The summed E-state index contributed by atoms with van der Waals surface area (Å²) in [6.45, 7) is 1.53. The molecule has 1 saturated carbocycles. The Balaban J connectivity index is 1.64. The van der Waals surface area contributed by atoms with Crippen LogP contribution in [0.5, 0.6) is 0 Å². The van der Waals surface area contributed by atoms with Gasteiger partial charge in [-0.25, -0.2) is 0 Å². The fraction of sp³-hybridized carbons (Fsp3) is 0.474. The standard InChI is InChI=1S/C19H25NO/c21-19(12-5-1-2-6-13-19)15-20-14-17-10-7-9-16-8-3-4-11-18(16)17/h3-4,7-11,20-21H,1-2,5-6,12-15H2. The van der Waals surface area contributed by atoms with E-state index in [1.807, 2.05) is 0 Å². The average molecular weight is 283 g/mol. The maximum absolute atomic E-state index is 10.7. The van der Waals surface area contributed by atoms with Gasteiger partial charge in [0.05, 0.1) is 5.60 Å². The topological polar surface area (TPSA) is 32.3 Å². The molecular weight excluding hydrogens is 258 g/mol. The molecule has 2 N–H and O–H groups in total. The first-order chi connectivity index (χ1) is 10.3. The minimum Gasteiger partial charge on any atom is -0.389 e. The van der Waals surface area contributed by atoms with Crippen molar-refractivity contribution in [2.24, 2.45) is 0 Å². The van der Waals surface area contributed by atoms with Crippen molar-refractivity contribution in [3.63, 3.8) is 0 Å². The first kappa shape index (κ1) is 14.6. The number of aliphatic hydroxyl groups is 1.